The largest absolute Gasteiger partial charge is 0.573 e. The number of hydrogen-bond donors (Lipinski definition) is 2. The average Bonchev–Trinajstić information content (AvgIpc) is 3.07. The fourth-order valence-electron chi connectivity index (χ4n) is 2.92. The van der Waals surface area contributed by atoms with Gasteiger partial charge in [0.05, 0.1) is 0 Å². The van der Waals surface area contributed by atoms with Crippen LogP contribution >= 0.6 is 0 Å². The summed E-state index contributed by atoms with van der Waals surface area (Å²) >= 11 is 0. The lowest BCUT2D eigenvalue weighted by molar-refractivity contribution is -0.303. The van der Waals surface area contributed by atoms with Crippen LogP contribution in [-0.4, -0.2) is 62.2 Å². The summed E-state index contributed by atoms with van der Waals surface area (Å²) in [5.41, 5.74) is 5.34. The first-order chi connectivity index (χ1) is 16.7. The van der Waals surface area contributed by atoms with E-state index in [1.54, 1.807) is 23.7 Å². The number of ether oxygens (including phenoxy) is 2. The van der Waals surface area contributed by atoms with Crippen LogP contribution in [-0.2, 0) is 19.1 Å². The van der Waals surface area contributed by atoms with Crippen molar-refractivity contribution in [3.8, 4) is 0 Å². The van der Waals surface area contributed by atoms with Crippen LogP contribution in [0.15, 0.2) is 65.8 Å². The maximum atomic E-state index is 12.1. The standard InChI is InChI=1S/C14H16F3NO2.C8H9NO2.2CH2O/c1-18-9-7-12(8-10-18)19-11-3-2-4-13(6-5-11)20-14(15,16)17;1-6-4-2-3-5-7(6)8(10)9-11;2*1-2/h2-3,5-6,12H,7-10H2,1H3;2-5,11H,1H3,(H,9,10);2*1H2. The lowest BCUT2D eigenvalue weighted by Gasteiger charge is -2.29. The molecule has 0 aromatic heterocycles. The van der Waals surface area contributed by atoms with Gasteiger partial charge in [-0.3, -0.25) is 10.0 Å². The van der Waals surface area contributed by atoms with Crippen LogP contribution in [0, 0.1) is 6.92 Å². The monoisotopic (exact) mass is 498 g/mol. The van der Waals surface area contributed by atoms with E-state index in [0.29, 0.717) is 11.3 Å². The normalized spacial score (nSPS) is 15.3. The first-order valence-corrected chi connectivity index (χ1v) is 10.2. The highest BCUT2D eigenvalue weighted by molar-refractivity contribution is 5.94. The Morgan fingerprint density at radius 1 is 1.14 bits per heavy atom. The van der Waals surface area contributed by atoms with Gasteiger partial charge < -0.3 is 24.0 Å². The smallest absolute Gasteiger partial charge is 0.490 e. The maximum Gasteiger partial charge on any atom is 0.573 e. The molecule has 1 aromatic rings. The third-order valence-corrected chi connectivity index (χ3v) is 4.56. The molecule has 1 heterocycles. The Kier molecular flexibility index (Phi) is 15.1. The Labute approximate surface area is 202 Å². The number of halogens is 3. The minimum absolute atomic E-state index is 0.0978. The predicted octanol–water partition coefficient (Wildman–Crippen LogP) is 3.87. The molecular weight excluding hydrogens is 469 g/mol. The summed E-state index contributed by atoms with van der Waals surface area (Å²) in [6, 6.07) is 7.05. The number of hydrogen-bond acceptors (Lipinski definition) is 7. The van der Waals surface area contributed by atoms with E-state index >= 15 is 0 Å². The summed E-state index contributed by atoms with van der Waals surface area (Å²) in [5.74, 6) is -0.327. The summed E-state index contributed by atoms with van der Waals surface area (Å²) in [7, 11) is 2.05. The van der Waals surface area contributed by atoms with Crippen molar-refractivity contribution in [1.82, 2.24) is 10.4 Å². The van der Waals surface area contributed by atoms with Gasteiger partial charge in [0.15, 0.2) is 5.76 Å². The minimum Gasteiger partial charge on any atom is -0.490 e. The number of carbonyl (C=O) groups is 3. The van der Waals surface area contributed by atoms with Crippen LogP contribution in [0.3, 0.4) is 0 Å². The number of hydroxylamine groups is 1. The molecule has 3 rings (SSSR count). The highest BCUT2D eigenvalue weighted by Gasteiger charge is 2.31. The zero-order valence-electron chi connectivity index (χ0n) is 19.5. The Morgan fingerprint density at radius 2 is 1.74 bits per heavy atom. The van der Waals surface area contributed by atoms with Gasteiger partial charge in [-0.1, -0.05) is 23.9 Å². The van der Waals surface area contributed by atoms with Crippen LogP contribution in [0.5, 0.6) is 0 Å². The fourth-order valence-corrected chi connectivity index (χ4v) is 2.92. The third kappa shape index (κ3) is 13.0. The molecule has 0 unspecified atom stereocenters. The van der Waals surface area contributed by atoms with E-state index in [2.05, 4.69) is 22.4 Å². The third-order valence-electron chi connectivity index (χ3n) is 4.56. The van der Waals surface area contributed by atoms with Gasteiger partial charge in [-0.05, 0) is 62.7 Å². The van der Waals surface area contributed by atoms with Crippen LogP contribution < -0.4 is 5.48 Å². The average molecular weight is 498 g/mol. The molecule has 0 spiro atoms. The second-order valence-corrected chi connectivity index (χ2v) is 7.00. The summed E-state index contributed by atoms with van der Waals surface area (Å²) in [6.45, 7) is 7.72. The summed E-state index contributed by atoms with van der Waals surface area (Å²) in [4.78, 5) is 29.1. The molecule has 1 aliphatic heterocycles. The molecule has 8 nitrogen and oxygen atoms in total. The zero-order chi connectivity index (χ0) is 26.9. The quantitative estimate of drug-likeness (QED) is 0.369. The fraction of sp³-hybridized carbons (Fsp3) is 0.333. The first kappa shape index (κ1) is 31.3. The van der Waals surface area contributed by atoms with Gasteiger partial charge >= 0.3 is 6.36 Å². The van der Waals surface area contributed by atoms with Crippen LogP contribution in [0.2, 0.25) is 0 Å². The molecule has 192 valence electrons. The molecule has 11 heteroatoms. The van der Waals surface area contributed by atoms with E-state index in [4.69, 9.17) is 19.5 Å². The second-order valence-electron chi connectivity index (χ2n) is 7.00. The molecule has 1 aromatic carbocycles. The van der Waals surface area contributed by atoms with Crippen LogP contribution in [0.4, 0.5) is 13.2 Å². The minimum atomic E-state index is -4.71. The van der Waals surface area contributed by atoms with Gasteiger partial charge in [0.1, 0.15) is 25.4 Å². The Bertz CT molecular complexity index is 914. The van der Waals surface area contributed by atoms with Crippen molar-refractivity contribution in [3.05, 3.63) is 76.9 Å². The van der Waals surface area contributed by atoms with Crippen molar-refractivity contribution < 1.29 is 42.2 Å². The second kappa shape index (κ2) is 16.9. The molecule has 1 aliphatic carbocycles. The van der Waals surface area contributed by atoms with Gasteiger partial charge in [-0.2, -0.15) is 0 Å². The molecule has 0 radical (unpaired) electrons. The van der Waals surface area contributed by atoms with Gasteiger partial charge in [-0.15, -0.1) is 13.2 Å². The van der Waals surface area contributed by atoms with Crippen molar-refractivity contribution in [3.63, 3.8) is 0 Å². The summed E-state index contributed by atoms with van der Waals surface area (Å²) < 4.78 is 45.9. The molecule has 35 heavy (non-hydrogen) atoms. The van der Waals surface area contributed by atoms with E-state index in [0.717, 1.165) is 31.5 Å². The van der Waals surface area contributed by atoms with Crippen LogP contribution in [0.1, 0.15) is 28.8 Å². The Balaban J connectivity index is 0.000000652. The number of aryl methyl sites for hydroxylation is 1. The molecule has 0 atom stereocenters. The van der Waals surface area contributed by atoms with Crippen molar-refractivity contribution >= 4 is 19.5 Å². The molecule has 2 aliphatic rings. The molecule has 1 amide bonds. The number of allylic oxidation sites excluding steroid dienone is 3. The maximum absolute atomic E-state index is 12.1. The number of amides is 1. The number of alkyl halides is 3. The molecular formula is C24H29F3N2O6. The van der Waals surface area contributed by atoms with E-state index in [1.807, 2.05) is 32.6 Å². The topological polar surface area (TPSA) is 105 Å². The number of likely N-dealkylation sites (tertiary alicyclic amines) is 1. The molecule has 1 fully saturated rings. The summed E-state index contributed by atoms with van der Waals surface area (Å²) in [6.07, 6.45) is 2.83. The highest BCUT2D eigenvalue weighted by atomic mass is 19.4. The number of nitrogens with zero attached hydrogens (tertiary/aromatic N) is 1. The Hall–Kier alpha value is -3.66. The Morgan fingerprint density at radius 3 is 2.29 bits per heavy atom. The van der Waals surface area contributed by atoms with Crippen molar-refractivity contribution in [1.29, 1.82) is 0 Å². The van der Waals surface area contributed by atoms with Gasteiger partial charge in [-0.25, -0.2) is 5.48 Å². The SMILES string of the molecule is C=O.C=O.CN1CCC(OC2=CC=C=C(OC(F)(F)F)C=C2)CC1.Cc1ccccc1C(=O)NO. The molecule has 2 N–H and O–H groups in total. The number of benzene rings is 1. The molecule has 0 saturated carbocycles. The van der Waals surface area contributed by atoms with E-state index in [9.17, 15) is 18.0 Å². The predicted molar refractivity (Wildman–Crippen MR) is 122 cm³/mol. The van der Waals surface area contributed by atoms with E-state index < -0.39 is 12.3 Å². The lowest BCUT2D eigenvalue weighted by atomic mass is 10.1. The number of nitrogens with one attached hydrogen (secondary N) is 1. The van der Waals surface area contributed by atoms with Gasteiger partial charge in [0.25, 0.3) is 5.91 Å². The summed E-state index contributed by atoms with van der Waals surface area (Å²) in [5, 5.41) is 8.31. The van der Waals surface area contributed by atoms with E-state index in [-0.39, 0.29) is 11.9 Å². The van der Waals surface area contributed by atoms with E-state index in [1.165, 1.54) is 18.2 Å². The van der Waals surface area contributed by atoms with Gasteiger partial charge in [0.2, 0.25) is 0 Å². The number of carbonyl (C=O) groups excluding carboxylic acids is 3. The van der Waals surface area contributed by atoms with Crippen molar-refractivity contribution in [2.24, 2.45) is 0 Å². The van der Waals surface area contributed by atoms with Gasteiger partial charge in [0, 0.05) is 18.7 Å². The van der Waals surface area contributed by atoms with Crippen molar-refractivity contribution in [2.45, 2.75) is 32.2 Å². The highest BCUT2D eigenvalue weighted by Crippen LogP contribution is 2.23. The number of rotatable bonds is 4. The van der Waals surface area contributed by atoms with Crippen LogP contribution in [0.25, 0.3) is 0 Å². The number of piperidine rings is 1. The molecule has 0 bridgehead atoms. The lowest BCUT2D eigenvalue weighted by Crippen LogP contribution is -2.34. The van der Waals surface area contributed by atoms with Crippen molar-refractivity contribution in [2.75, 3.05) is 20.1 Å². The first-order valence-electron chi connectivity index (χ1n) is 10.2. The zero-order valence-corrected chi connectivity index (χ0v) is 19.5. The molecule has 1 saturated heterocycles.